The SMILES string of the molecule is CN(C(=O)c1ccc(Br)c(I)c1)C1CC1. The van der Waals surface area contributed by atoms with E-state index in [4.69, 9.17) is 0 Å². The molecule has 0 aromatic heterocycles. The molecule has 0 saturated heterocycles. The number of benzene rings is 1. The molecule has 1 aliphatic rings. The molecule has 1 fully saturated rings. The summed E-state index contributed by atoms with van der Waals surface area (Å²) in [5.74, 6) is 0.128. The number of carbonyl (C=O) groups is 1. The van der Waals surface area contributed by atoms with E-state index < -0.39 is 0 Å². The van der Waals surface area contributed by atoms with Crippen molar-refractivity contribution >= 4 is 44.4 Å². The van der Waals surface area contributed by atoms with Crippen molar-refractivity contribution in [3.8, 4) is 0 Å². The van der Waals surface area contributed by atoms with Crippen LogP contribution in [0.5, 0.6) is 0 Å². The minimum Gasteiger partial charge on any atom is -0.339 e. The first kappa shape index (κ1) is 11.4. The molecule has 1 aliphatic carbocycles. The van der Waals surface area contributed by atoms with E-state index in [1.807, 2.05) is 30.1 Å². The van der Waals surface area contributed by atoms with Crippen molar-refractivity contribution in [2.24, 2.45) is 0 Å². The zero-order valence-electron chi connectivity index (χ0n) is 8.34. The van der Waals surface area contributed by atoms with Gasteiger partial charge in [-0.3, -0.25) is 4.79 Å². The topological polar surface area (TPSA) is 20.3 Å². The third kappa shape index (κ3) is 2.53. The van der Waals surface area contributed by atoms with Gasteiger partial charge in [0.05, 0.1) is 0 Å². The fraction of sp³-hybridized carbons (Fsp3) is 0.364. The summed E-state index contributed by atoms with van der Waals surface area (Å²) < 4.78 is 2.11. The average Bonchev–Trinajstić information content (AvgIpc) is 3.03. The third-order valence-electron chi connectivity index (χ3n) is 2.58. The van der Waals surface area contributed by atoms with Gasteiger partial charge in [-0.25, -0.2) is 0 Å². The first-order valence-electron chi connectivity index (χ1n) is 4.82. The molecule has 1 saturated carbocycles. The molecule has 15 heavy (non-hydrogen) atoms. The summed E-state index contributed by atoms with van der Waals surface area (Å²) in [6.45, 7) is 0. The summed E-state index contributed by atoms with van der Waals surface area (Å²) >= 11 is 5.65. The smallest absolute Gasteiger partial charge is 0.253 e. The Morgan fingerprint density at radius 2 is 2.20 bits per heavy atom. The largest absolute Gasteiger partial charge is 0.339 e. The maximum atomic E-state index is 12.0. The summed E-state index contributed by atoms with van der Waals surface area (Å²) in [4.78, 5) is 13.8. The zero-order valence-corrected chi connectivity index (χ0v) is 12.1. The van der Waals surface area contributed by atoms with Crippen LogP contribution in [-0.4, -0.2) is 23.9 Å². The molecule has 0 aliphatic heterocycles. The molecule has 0 radical (unpaired) electrons. The van der Waals surface area contributed by atoms with Crippen LogP contribution in [0.2, 0.25) is 0 Å². The number of halogens is 2. The number of nitrogens with zero attached hydrogens (tertiary/aromatic N) is 1. The standard InChI is InChI=1S/C11H11BrINO/c1-14(8-3-4-8)11(15)7-2-5-9(12)10(13)6-7/h2,5-6,8H,3-4H2,1H3. The molecule has 0 N–H and O–H groups in total. The highest BCUT2D eigenvalue weighted by Gasteiger charge is 2.30. The fourth-order valence-electron chi connectivity index (χ4n) is 1.46. The molecule has 0 bridgehead atoms. The number of amides is 1. The number of hydrogen-bond acceptors (Lipinski definition) is 1. The van der Waals surface area contributed by atoms with E-state index in [2.05, 4.69) is 38.5 Å². The molecule has 1 amide bonds. The molecular formula is C11H11BrINO. The lowest BCUT2D eigenvalue weighted by molar-refractivity contribution is 0.0785. The van der Waals surface area contributed by atoms with E-state index in [0.717, 1.165) is 26.4 Å². The van der Waals surface area contributed by atoms with E-state index in [-0.39, 0.29) is 5.91 Å². The molecule has 0 atom stereocenters. The van der Waals surface area contributed by atoms with Crippen LogP contribution >= 0.6 is 38.5 Å². The van der Waals surface area contributed by atoms with E-state index in [0.29, 0.717) is 6.04 Å². The Morgan fingerprint density at radius 3 is 2.73 bits per heavy atom. The summed E-state index contributed by atoms with van der Waals surface area (Å²) in [7, 11) is 1.88. The van der Waals surface area contributed by atoms with Crippen molar-refractivity contribution in [2.45, 2.75) is 18.9 Å². The van der Waals surface area contributed by atoms with Crippen LogP contribution in [0, 0.1) is 3.57 Å². The number of carbonyl (C=O) groups excluding carboxylic acids is 1. The number of rotatable bonds is 2. The van der Waals surface area contributed by atoms with E-state index in [9.17, 15) is 4.79 Å². The van der Waals surface area contributed by atoms with Crippen LogP contribution in [-0.2, 0) is 0 Å². The van der Waals surface area contributed by atoms with Crippen LogP contribution in [0.4, 0.5) is 0 Å². The molecule has 2 nitrogen and oxygen atoms in total. The molecule has 4 heteroatoms. The first-order valence-corrected chi connectivity index (χ1v) is 6.69. The maximum absolute atomic E-state index is 12.0. The normalized spacial score (nSPS) is 15.1. The summed E-state index contributed by atoms with van der Waals surface area (Å²) in [5, 5.41) is 0. The third-order valence-corrected chi connectivity index (χ3v) is 4.91. The zero-order chi connectivity index (χ0) is 11.0. The predicted octanol–water partition coefficient (Wildman–Crippen LogP) is 3.29. The van der Waals surface area contributed by atoms with Gasteiger partial charge in [0, 0.05) is 26.7 Å². The van der Waals surface area contributed by atoms with Crippen molar-refractivity contribution in [2.75, 3.05) is 7.05 Å². The lowest BCUT2D eigenvalue weighted by Gasteiger charge is -2.16. The van der Waals surface area contributed by atoms with Gasteiger partial charge in [-0.05, 0) is 69.6 Å². The number of hydrogen-bond donors (Lipinski definition) is 0. The second-order valence-corrected chi connectivity index (χ2v) is 5.79. The van der Waals surface area contributed by atoms with Gasteiger partial charge in [-0.2, -0.15) is 0 Å². The van der Waals surface area contributed by atoms with Gasteiger partial charge in [0.25, 0.3) is 5.91 Å². The highest BCUT2D eigenvalue weighted by molar-refractivity contribution is 14.1. The first-order chi connectivity index (χ1) is 7.09. The van der Waals surface area contributed by atoms with Gasteiger partial charge in [-0.15, -0.1) is 0 Å². The Balaban J connectivity index is 2.21. The average molecular weight is 380 g/mol. The monoisotopic (exact) mass is 379 g/mol. The van der Waals surface area contributed by atoms with Crippen LogP contribution in [0.25, 0.3) is 0 Å². The van der Waals surface area contributed by atoms with Crippen molar-refractivity contribution in [3.05, 3.63) is 31.8 Å². The lowest BCUT2D eigenvalue weighted by Crippen LogP contribution is -2.28. The van der Waals surface area contributed by atoms with Gasteiger partial charge in [0.1, 0.15) is 0 Å². The minimum absolute atomic E-state index is 0.128. The fourth-order valence-corrected chi connectivity index (χ4v) is 2.22. The lowest BCUT2D eigenvalue weighted by atomic mass is 10.2. The van der Waals surface area contributed by atoms with Crippen molar-refractivity contribution < 1.29 is 4.79 Å². The second kappa shape index (κ2) is 4.41. The van der Waals surface area contributed by atoms with Gasteiger partial charge < -0.3 is 4.90 Å². The Kier molecular flexibility index (Phi) is 3.35. The van der Waals surface area contributed by atoms with E-state index >= 15 is 0 Å². The van der Waals surface area contributed by atoms with Crippen LogP contribution in [0.1, 0.15) is 23.2 Å². The van der Waals surface area contributed by atoms with Crippen LogP contribution in [0.15, 0.2) is 22.7 Å². The predicted molar refractivity (Wildman–Crippen MR) is 72.0 cm³/mol. The summed E-state index contributed by atoms with van der Waals surface area (Å²) in [5.41, 5.74) is 0.775. The molecule has 1 aromatic carbocycles. The minimum atomic E-state index is 0.128. The van der Waals surface area contributed by atoms with E-state index in [1.54, 1.807) is 0 Å². The van der Waals surface area contributed by atoms with Gasteiger partial charge in [0.15, 0.2) is 0 Å². The Labute approximate surface area is 111 Å². The Hall–Kier alpha value is -0.100. The summed E-state index contributed by atoms with van der Waals surface area (Å²) in [6, 6.07) is 6.19. The van der Waals surface area contributed by atoms with Crippen LogP contribution < -0.4 is 0 Å². The Bertz CT molecular complexity index is 404. The quantitative estimate of drug-likeness (QED) is 0.722. The molecule has 0 spiro atoms. The van der Waals surface area contributed by atoms with E-state index in [1.165, 1.54) is 0 Å². The maximum Gasteiger partial charge on any atom is 0.253 e. The molecular weight excluding hydrogens is 369 g/mol. The molecule has 1 aromatic rings. The van der Waals surface area contributed by atoms with Gasteiger partial charge in [0.2, 0.25) is 0 Å². The molecule has 0 unspecified atom stereocenters. The van der Waals surface area contributed by atoms with Crippen molar-refractivity contribution in [1.29, 1.82) is 0 Å². The van der Waals surface area contributed by atoms with Crippen molar-refractivity contribution in [1.82, 2.24) is 4.90 Å². The van der Waals surface area contributed by atoms with Crippen LogP contribution in [0.3, 0.4) is 0 Å². The highest BCUT2D eigenvalue weighted by Crippen LogP contribution is 2.27. The second-order valence-electron chi connectivity index (χ2n) is 3.78. The summed E-state index contributed by atoms with van der Waals surface area (Å²) in [6.07, 6.45) is 2.30. The van der Waals surface area contributed by atoms with Gasteiger partial charge in [-0.1, -0.05) is 0 Å². The Morgan fingerprint density at radius 1 is 1.53 bits per heavy atom. The highest BCUT2D eigenvalue weighted by atomic mass is 127. The molecule has 80 valence electrons. The van der Waals surface area contributed by atoms with Crippen molar-refractivity contribution in [3.63, 3.8) is 0 Å². The molecule has 2 rings (SSSR count). The molecule has 0 heterocycles. The van der Waals surface area contributed by atoms with Gasteiger partial charge >= 0.3 is 0 Å².